The van der Waals surface area contributed by atoms with Gasteiger partial charge >= 0.3 is 0 Å². The number of aromatic nitrogens is 3. The SMILES string of the molecule is COc1ccc(C)cc1NC(=O)CNC(=O)c1nn(-c2ccc(C)cc2C)nc1C. The highest BCUT2D eigenvalue weighted by Gasteiger charge is 2.18. The highest BCUT2D eigenvalue weighted by Crippen LogP contribution is 2.25. The molecule has 0 unspecified atom stereocenters. The lowest BCUT2D eigenvalue weighted by Crippen LogP contribution is -2.33. The lowest BCUT2D eigenvalue weighted by atomic mass is 10.1. The van der Waals surface area contributed by atoms with Gasteiger partial charge in [0.25, 0.3) is 5.91 Å². The lowest BCUT2D eigenvalue weighted by molar-refractivity contribution is -0.115. The second-order valence-electron chi connectivity index (χ2n) is 7.15. The van der Waals surface area contributed by atoms with Gasteiger partial charge in [-0.3, -0.25) is 9.59 Å². The fourth-order valence-electron chi connectivity index (χ4n) is 3.08. The Morgan fingerprint density at radius 1 is 1.00 bits per heavy atom. The Kier molecular flexibility index (Phi) is 6.15. The molecule has 0 fully saturated rings. The molecular weight excluding hydrogens is 382 g/mol. The molecule has 3 rings (SSSR count). The number of aryl methyl sites for hydroxylation is 4. The van der Waals surface area contributed by atoms with Crippen LogP contribution in [-0.2, 0) is 4.79 Å². The van der Waals surface area contributed by atoms with E-state index in [1.807, 2.05) is 45.0 Å². The Balaban J connectivity index is 1.67. The van der Waals surface area contributed by atoms with Crippen LogP contribution in [0, 0.1) is 27.7 Å². The van der Waals surface area contributed by atoms with Crippen molar-refractivity contribution in [3.63, 3.8) is 0 Å². The highest BCUT2D eigenvalue weighted by molar-refractivity contribution is 5.99. The third-order valence-corrected chi connectivity index (χ3v) is 4.60. The molecule has 0 spiro atoms. The van der Waals surface area contributed by atoms with E-state index >= 15 is 0 Å². The van der Waals surface area contributed by atoms with Crippen molar-refractivity contribution in [1.82, 2.24) is 20.3 Å². The molecule has 0 aliphatic rings. The molecule has 0 saturated carbocycles. The zero-order chi connectivity index (χ0) is 21.8. The maximum Gasteiger partial charge on any atom is 0.274 e. The summed E-state index contributed by atoms with van der Waals surface area (Å²) >= 11 is 0. The van der Waals surface area contributed by atoms with Crippen molar-refractivity contribution >= 4 is 17.5 Å². The van der Waals surface area contributed by atoms with Crippen LogP contribution in [0.2, 0.25) is 0 Å². The molecule has 0 aliphatic heterocycles. The zero-order valence-corrected chi connectivity index (χ0v) is 17.7. The standard InChI is InChI=1S/C22H25N5O3/c1-13-6-8-18(15(3)10-13)27-25-16(4)21(26-27)22(29)23-12-20(28)24-17-11-14(2)7-9-19(17)30-5/h6-11H,12H2,1-5H3,(H,23,29)(H,24,28). The Bertz CT molecular complexity index is 1100. The fraction of sp³-hybridized carbons (Fsp3) is 0.273. The summed E-state index contributed by atoms with van der Waals surface area (Å²) in [5.41, 5.74) is 5.12. The molecule has 1 heterocycles. The summed E-state index contributed by atoms with van der Waals surface area (Å²) in [7, 11) is 1.53. The topological polar surface area (TPSA) is 98.1 Å². The number of nitrogens with one attached hydrogen (secondary N) is 2. The predicted octanol–water partition coefficient (Wildman–Crippen LogP) is 2.88. The van der Waals surface area contributed by atoms with Gasteiger partial charge in [-0.2, -0.15) is 9.90 Å². The summed E-state index contributed by atoms with van der Waals surface area (Å²) in [4.78, 5) is 26.3. The van der Waals surface area contributed by atoms with Gasteiger partial charge in [0, 0.05) is 0 Å². The van der Waals surface area contributed by atoms with Crippen LogP contribution in [-0.4, -0.2) is 40.5 Å². The summed E-state index contributed by atoms with van der Waals surface area (Å²) < 4.78 is 5.25. The van der Waals surface area contributed by atoms with Crippen molar-refractivity contribution in [2.75, 3.05) is 19.0 Å². The minimum absolute atomic E-state index is 0.177. The average Bonchev–Trinajstić information content (AvgIpc) is 3.07. The first-order chi connectivity index (χ1) is 14.3. The molecule has 8 nitrogen and oxygen atoms in total. The molecule has 0 aliphatic carbocycles. The van der Waals surface area contributed by atoms with Crippen molar-refractivity contribution in [2.24, 2.45) is 0 Å². The number of hydrogen-bond acceptors (Lipinski definition) is 5. The van der Waals surface area contributed by atoms with E-state index in [0.717, 1.165) is 22.4 Å². The number of carbonyl (C=O) groups is 2. The minimum atomic E-state index is -0.463. The lowest BCUT2D eigenvalue weighted by Gasteiger charge is -2.11. The number of ether oxygens (including phenoxy) is 1. The molecule has 30 heavy (non-hydrogen) atoms. The molecule has 2 aromatic carbocycles. The molecular formula is C22H25N5O3. The van der Waals surface area contributed by atoms with Gasteiger partial charge in [0.15, 0.2) is 5.69 Å². The van der Waals surface area contributed by atoms with E-state index in [-0.39, 0.29) is 18.1 Å². The number of benzene rings is 2. The monoisotopic (exact) mass is 407 g/mol. The van der Waals surface area contributed by atoms with Crippen molar-refractivity contribution in [2.45, 2.75) is 27.7 Å². The molecule has 2 N–H and O–H groups in total. The van der Waals surface area contributed by atoms with Gasteiger partial charge in [0.05, 0.1) is 30.7 Å². The van der Waals surface area contributed by atoms with Gasteiger partial charge in [-0.15, -0.1) is 5.10 Å². The summed E-state index contributed by atoms with van der Waals surface area (Å²) in [5.74, 6) is -0.283. The largest absolute Gasteiger partial charge is 0.495 e. The number of carbonyl (C=O) groups excluding carboxylic acids is 2. The van der Waals surface area contributed by atoms with Crippen molar-refractivity contribution in [3.05, 3.63) is 64.5 Å². The van der Waals surface area contributed by atoms with Gasteiger partial charge in [-0.1, -0.05) is 23.8 Å². The first-order valence-electron chi connectivity index (χ1n) is 9.52. The van der Waals surface area contributed by atoms with Crippen LogP contribution in [0.15, 0.2) is 36.4 Å². The molecule has 1 aromatic heterocycles. The van der Waals surface area contributed by atoms with E-state index in [1.54, 1.807) is 19.1 Å². The number of methoxy groups -OCH3 is 1. The Morgan fingerprint density at radius 2 is 1.70 bits per heavy atom. The van der Waals surface area contributed by atoms with Crippen LogP contribution in [0.5, 0.6) is 5.75 Å². The molecule has 0 bridgehead atoms. The molecule has 0 atom stereocenters. The second kappa shape index (κ2) is 8.77. The van der Waals surface area contributed by atoms with E-state index in [0.29, 0.717) is 17.1 Å². The van der Waals surface area contributed by atoms with E-state index in [9.17, 15) is 9.59 Å². The first-order valence-corrected chi connectivity index (χ1v) is 9.52. The number of hydrogen-bond donors (Lipinski definition) is 2. The van der Waals surface area contributed by atoms with Gasteiger partial charge in [-0.05, 0) is 57.0 Å². The quantitative estimate of drug-likeness (QED) is 0.655. The second-order valence-corrected chi connectivity index (χ2v) is 7.15. The van der Waals surface area contributed by atoms with Crippen molar-refractivity contribution in [1.29, 1.82) is 0 Å². The smallest absolute Gasteiger partial charge is 0.274 e. The van der Waals surface area contributed by atoms with Crippen molar-refractivity contribution in [3.8, 4) is 11.4 Å². The molecule has 0 radical (unpaired) electrons. The third kappa shape index (κ3) is 4.65. The predicted molar refractivity (Wildman–Crippen MR) is 114 cm³/mol. The van der Waals surface area contributed by atoms with Gasteiger partial charge in [0.2, 0.25) is 5.91 Å². The van der Waals surface area contributed by atoms with E-state index in [1.165, 1.54) is 11.9 Å². The Hall–Kier alpha value is -3.68. The van der Waals surface area contributed by atoms with Crippen LogP contribution < -0.4 is 15.4 Å². The number of amides is 2. The number of anilines is 1. The van der Waals surface area contributed by atoms with Gasteiger partial charge in [-0.25, -0.2) is 0 Å². The third-order valence-electron chi connectivity index (χ3n) is 4.60. The summed E-state index contributed by atoms with van der Waals surface area (Å²) in [6, 6.07) is 11.4. The maximum atomic E-state index is 12.6. The molecule has 8 heteroatoms. The number of rotatable bonds is 6. The normalized spacial score (nSPS) is 10.6. The molecule has 156 valence electrons. The maximum absolute atomic E-state index is 12.6. The van der Waals surface area contributed by atoms with Crippen LogP contribution >= 0.6 is 0 Å². The fourth-order valence-corrected chi connectivity index (χ4v) is 3.08. The van der Waals surface area contributed by atoms with Crippen molar-refractivity contribution < 1.29 is 14.3 Å². The molecule has 3 aromatic rings. The van der Waals surface area contributed by atoms with Gasteiger partial charge in [0.1, 0.15) is 5.75 Å². The van der Waals surface area contributed by atoms with E-state index in [2.05, 4.69) is 20.8 Å². The Morgan fingerprint density at radius 3 is 2.40 bits per heavy atom. The first kappa shape index (κ1) is 21.0. The van der Waals surface area contributed by atoms with Crippen LogP contribution in [0.1, 0.15) is 32.9 Å². The summed E-state index contributed by atoms with van der Waals surface area (Å²) in [6.45, 7) is 7.39. The average molecular weight is 407 g/mol. The van der Waals surface area contributed by atoms with E-state index < -0.39 is 5.91 Å². The number of nitrogens with zero attached hydrogens (tertiary/aromatic N) is 3. The van der Waals surface area contributed by atoms with Crippen LogP contribution in [0.3, 0.4) is 0 Å². The molecule has 0 saturated heterocycles. The van der Waals surface area contributed by atoms with E-state index in [4.69, 9.17) is 4.74 Å². The van der Waals surface area contributed by atoms with Crippen LogP contribution in [0.4, 0.5) is 5.69 Å². The minimum Gasteiger partial charge on any atom is -0.495 e. The summed E-state index contributed by atoms with van der Waals surface area (Å²) in [5, 5.41) is 14.0. The summed E-state index contributed by atoms with van der Waals surface area (Å²) in [6.07, 6.45) is 0. The van der Waals surface area contributed by atoms with Gasteiger partial charge < -0.3 is 15.4 Å². The highest BCUT2D eigenvalue weighted by atomic mass is 16.5. The Labute approximate surface area is 175 Å². The van der Waals surface area contributed by atoms with Crippen LogP contribution in [0.25, 0.3) is 5.69 Å². The zero-order valence-electron chi connectivity index (χ0n) is 17.7. The molecule has 2 amide bonds.